The molecular weight excluding hydrogens is 376 g/mol. The Labute approximate surface area is 177 Å². The van der Waals surface area contributed by atoms with E-state index in [4.69, 9.17) is 9.26 Å². The second-order valence-electron chi connectivity index (χ2n) is 8.45. The molecule has 6 heteroatoms. The SMILES string of the molecule is c1ccc(-c2noc(CCC[NH+]3CC[NH+](Cc4ccc5c(c4)CCO5)CC3)n2)cc1. The van der Waals surface area contributed by atoms with Gasteiger partial charge in [-0.05, 0) is 23.8 Å². The zero-order chi connectivity index (χ0) is 20.2. The molecule has 2 aromatic carbocycles. The number of ether oxygens (including phenoxy) is 1. The summed E-state index contributed by atoms with van der Waals surface area (Å²) in [5.41, 5.74) is 3.84. The van der Waals surface area contributed by atoms with Crippen LogP contribution in [0.25, 0.3) is 11.4 Å². The molecular formula is C24H30N4O2+2. The van der Waals surface area contributed by atoms with Crippen molar-refractivity contribution in [2.75, 3.05) is 39.3 Å². The van der Waals surface area contributed by atoms with E-state index in [0.29, 0.717) is 5.82 Å². The Morgan fingerprint density at radius 1 is 0.933 bits per heavy atom. The zero-order valence-electron chi connectivity index (χ0n) is 17.4. The fraction of sp³-hybridized carbons (Fsp3) is 0.417. The van der Waals surface area contributed by atoms with Gasteiger partial charge in [-0.25, -0.2) is 0 Å². The third-order valence-corrected chi connectivity index (χ3v) is 6.29. The molecule has 30 heavy (non-hydrogen) atoms. The van der Waals surface area contributed by atoms with Crippen LogP contribution in [0, 0.1) is 0 Å². The summed E-state index contributed by atoms with van der Waals surface area (Å²) in [5, 5.41) is 4.12. The number of fused-ring (bicyclic) bond motifs is 1. The molecule has 0 radical (unpaired) electrons. The van der Waals surface area contributed by atoms with Gasteiger partial charge in [0.25, 0.3) is 0 Å². The van der Waals surface area contributed by atoms with Crippen LogP contribution in [0.2, 0.25) is 0 Å². The normalized spacial score (nSPS) is 20.7. The van der Waals surface area contributed by atoms with E-state index in [1.165, 1.54) is 43.9 Å². The van der Waals surface area contributed by atoms with Gasteiger partial charge in [0.2, 0.25) is 11.7 Å². The Hall–Kier alpha value is -2.70. The third kappa shape index (κ3) is 4.55. The third-order valence-electron chi connectivity index (χ3n) is 6.29. The molecule has 0 amide bonds. The lowest BCUT2D eigenvalue weighted by atomic mass is 10.1. The van der Waals surface area contributed by atoms with Gasteiger partial charge in [0.15, 0.2) is 0 Å². The van der Waals surface area contributed by atoms with Gasteiger partial charge in [0.05, 0.1) is 13.2 Å². The molecule has 1 fully saturated rings. The van der Waals surface area contributed by atoms with Crippen molar-refractivity contribution in [1.29, 1.82) is 0 Å². The molecule has 2 N–H and O–H groups in total. The lowest BCUT2D eigenvalue weighted by Gasteiger charge is -2.29. The van der Waals surface area contributed by atoms with Gasteiger partial charge < -0.3 is 19.1 Å². The molecule has 0 saturated carbocycles. The monoisotopic (exact) mass is 406 g/mol. The predicted molar refractivity (Wildman–Crippen MR) is 114 cm³/mol. The van der Waals surface area contributed by atoms with Crippen molar-refractivity contribution in [3.8, 4) is 17.1 Å². The number of nitrogens with zero attached hydrogens (tertiary/aromatic N) is 2. The van der Waals surface area contributed by atoms with Gasteiger partial charge in [-0.2, -0.15) is 4.98 Å². The Morgan fingerprint density at radius 3 is 2.63 bits per heavy atom. The largest absolute Gasteiger partial charge is 0.493 e. The first kappa shape index (κ1) is 19.3. The Bertz CT molecular complexity index is 964. The molecule has 3 aromatic rings. The molecule has 6 nitrogen and oxygen atoms in total. The van der Waals surface area contributed by atoms with Crippen molar-refractivity contribution in [2.45, 2.75) is 25.8 Å². The van der Waals surface area contributed by atoms with Gasteiger partial charge in [-0.3, -0.25) is 0 Å². The molecule has 0 unspecified atom stereocenters. The molecule has 1 aromatic heterocycles. The lowest BCUT2D eigenvalue weighted by molar-refractivity contribution is -1.02. The summed E-state index contributed by atoms with van der Waals surface area (Å²) in [6, 6.07) is 16.8. The number of aryl methyl sites for hydroxylation is 1. The minimum absolute atomic E-state index is 0.688. The van der Waals surface area contributed by atoms with Crippen molar-refractivity contribution < 1.29 is 19.1 Å². The molecule has 0 bridgehead atoms. The lowest BCUT2D eigenvalue weighted by Crippen LogP contribution is -3.27. The van der Waals surface area contributed by atoms with E-state index in [1.807, 2.05) is 30.3 Å². The van der Waals surface area contributed by atoms with E-state index >= 15 is 0 Å². The minimum Gasteiger partial charge on any atom is -0.493 e. The molecule has 2 aliphatic rings. The van der Waals surface area contributed by atoms with Crippen molar-refractivity contribution in [1.82, 2.24) is 10.1 Å². The first-order chi connectivity index (χ1) is 14.8. The number of rotatable bonds is 7. The number of hydrogen-bond acceptors (Lipinski definition) is 4. The fourth-order valence-electron chi connectivity index (χ4n) is 4.57. The van der Waals surface area contributed by atoms with Crippen molar-refractivity contribution in [3.05, 3.63) is 65.5 Å². The van der Waals surface area contributed by atoms with Crippen molar-refractivity contribution >= 4 is 0 Å². The highest BCUT2D eigenvalue weighted by Gasteiger charge is 2.23. The second kappa shape index (κ2) is 8.98. The van der Waals surface area contributed by atoms with Gasteiger partial charge in [0, 0.05) is 30.4 Å². The predicted octanol–water partition coefficient (Wildman–Crippen LogP) is 0.588. The molecule has 1 saturated heterocycles. The summed E-state index contributed by atoms with van der Waals surface area (Å²) in [4.78, 5) is 7.94. The first-order valence-electron chi connectivity index (χ1n) is 11.1. The average Bonchev–Trinajstić information content (AvgIpc) is 3.45. The molecule has 2 aliphatic heterocycles. The maximum absolute atomic E-state index is 5.63. The zero-order valence-corrected chi connectivity index (χ0v) is 17.4. The highest BCUT2D eigenvalue weighted by Crippen LogP contribution is 2.25. The Morgan fingerprint density at radius 2 is 1.77 bits per heavy atom. The van der Waals surface area contributed by atoms with E-state index in [2.05, 4.69) is 28.3 Å². The van der Waals surface area contributed by atoms with E-state index < -0.39 is 0 Å². The molecule has 0 atom stereocenters. The standard InChI is InChI=1S/C24H28N4O2/c1-2-5-20(6-3-1)24-25-23(30-26-24)7-4-11-27-12-14-28(15-13-27)18-19-8-9-22-21(17-19)10-16-29-22/h1-3,5-6,8-9,17H,4,7,10-16,18H2/p+2. The summed E-state index contributed by atoms with van der Waals surface area (Å²) in [6.07, 6.45) is 3.01. The molecule has 156 valence electrons. The number of benzene rings is 2. The van der Waals surface area contributed by atoms with Crippen molar-refractivity contribution in [3.63, 3.8) is 0 Å². The van der Waals surface area contributed by atoms with E-state index in [-0.39, 0.29) is 0 Å². The smallest absolute Gasteiger partial charge is 0.227 e. The van der Waals surface area contributed by atoms with Crippen LogP contribution < -0.4 is 14.5 Å². The molecule has 3 heterocycles. The summed E-state index contributed by atoms with van der Waals surface area (Å²) in [5.74, 6) is 2.52. The highest BCUT2D eigenvalue weighted by molar-refractivity contribution is 5.53. The maximum atomic E-state index is 5.63. The number of aromatic nitrogens is 2. The average molecular weight is 407 g/mol. The van der Waals surface area contributed by atoms with E-state index in [0.717, 1.165) is 49.6 Å². The van der Waals surface area contributed by atoms with E-state index in [9.17, 15) is 0 Å². The van der Waals surface area contributed by atoms with Gasteiger partial charge in [-0.15, -0.1) is 0 Å². The van der Waals surface area contributed by atoms with Crippen LogP contribution in [0.5, 0.6) is 5.75 Å². The van der Waals surface area contributed by atoms with Crippen LogP contribution in [0.4, 0.5) is 0 Å². The van der Waals surface area contributed by atoms with Gasteiger partial charge >= 0.3 is 0 Å². The summed E-state index contributed by atoms with van der Waals surface area (Å²) in [7, 11) is 0. The summed E-state index contributed by atoms with van der Waals surface area (Å²) < 4.78 is 11.1. The minimum atomic E-state index is 0.688. The summed E-state index contributed by atoms with van der Waals surface area (Å²) in [6.45, 7) is 8.09. The van der Waals surface area contributed by atoms with Crippen LogP contribution in [0.3, 0.4) is 0 Å². The van der Waals surface area contributed by atoms with Crippen LogP contribution in [-0.4, -0.2) is 49.5 Å². The van der Waals surface area contributed by atoms with Crippen LogP contribution in [-0.2, 0) is 19.4 Å². The van der Waals surface area contributed by atoms with Crippen LogP contribution in [0.15, 0.2) is 53.1 Å². The number of hydrogen-bond donors (Lipinski definition) is 2. The van der Waals surface area contributed by atoms with Gasteiger partial charge in [-0.1, -0.05) is 35.5 Å². The van der Waals surface area contributed by atoms with Crippen LogP contribution >= 0.6 is 0 Å². The fourth-order valence-corrected chi connectivity index (χ4v) is 4.57. The second-order valence-corrected chi connectivity index (χ2v) is 8.45. The van der Waals surface area contributed by atoms with Gasteiger partial charge in [0.1, 0.15) is 38.5 Å². The number of piperazine rings is 1. The van der Waals surface area contributed by atoms with Crippen LogP contribution in [0.1, 0.15) is 23.4 Å². The van der Waals surface area contributed by atoms with Crippen molar-refractivity contribution in [2.24, 2.45) is 0 Å². The first-order valence-corrected chi connectivity index (χ1v) is 11.1. The summed E-state index contributed by atoms with van der Waals surface area (Å²) >= 11 is 0. The molecule has 0 spiro atoms. The Balaban J connectivity index is 1.04. The number of quaternary nitrogens is 2. The number of nitrogens with one attached hydrogen (secondary N) is 2. The highest BCUT2D eigenvalue weighted by atomic mass is 16.5. The molecule has 5 rings (SSSR count). The van der Waals surface area contributed by atoms with E-state index in [1.54, 1.807) is 9.80 Å². The maximum Gasteiger partial charge on any atom is 0.227 e. The topological polar surface area (TPSA) is 57.0 Å². The Kier molecular flexibility index (Phi) is 5.77. The molecule has 0 aliphatic carbocycles. The quantitative estimate of drug-likeness (QED) is 0.603.